The molecule has 0 unspecified atom stereocenters. The third-order valence-corrected chi connectivity index (χ3v) is 3.60. The molecule has 0 heterocycles. The number of carbonyl (C=O) groups is 1. The molecule has 2 rings (SSSR count). The van der Waals surface area contributed by atoms with Crippen molar-refractivity contribution in [1.29, 1.82) is 0 Å². The summed E-state index contributed by atoms with van der Waals surface area (Å²) in [5, 5.41) is 0.623. The average molecular weight is 309 g/mol. The molecular formula is C15H14ClFN2O2. The summed E-state index contributed by atoms with van der Waals surface area (Å²) in [6.07, 6.45) is 0. The van der Waals surface area contributed by atoms with Crippen LogP contribution in [0.25, 0.3) is 0 Å². The van der Waals surface area contributed by atoms with Gasteiger partial charge in [0, 0.05) is 16.8 Å². The first-order valence-corrected chi connectivity index (χ1v) is 6.51. The van der Waals surface area contributed by atoms with E-state index in [2.05, 4.69) is 0 Å². The number of benzene rings is 2. The Morgan fingerprint density at radius 2 is 1.76 bits per heavy atom. The van der Waals surface area contributed by atoms with Gasteiger partial charge in [0.25, 0.3) is 5.91 Å². The van der Waals surface area contributed by atoms with E-state index < -0.39 is 11.7 Å². The molecule has 0 atom stereocenters. The maximum Gasteiger partial charge on any atom is 0.250 e. The summed E-state index contributed by atoms with van der Waals surface area (Å²) in [5.74, 6) is -1.14. The highest BCUT2D eigenvalue weighted by molar-refractivity contribution is 6.32. The standard InChI is InChI=1S/C15H14ClFN2O2/c1-7-3-9(4-8(2)14(7)16)21-13-5-10(15(19)20)12(18)6-11(13)17/h3-6H,18H2,1-2H3,(H2,19,20). The zero-order valence-electron chi connectivity index (χ0n) is 11.5. The minimum Gasteiger partial charge on any atom is -0.454 e. The number of primary amides is 1. The Kier molecular flexibility index (Phi) is 4.04. The lowest BCUT2D eigenvalue weighted by Gasteiger charge is -2.12. The van der Waals surface area contributed by atoms with Crippen LogP contribution >= 0.6 is 11.6 Å². The van der Waals surface area contributed by atoms with Crippen molar-refractivity contribution >= 4 is 23.2 Å². The molecule has 0 radical (unpaired) electrons. The normalized spacial score (nSPS) is 10.5. The van der Waals surface area contributed by atoms with Crippen molar-refractivity contribution in [2.75, 3.05) is 5.73 Å². The lowest BCUT2D eigenvalue weighted by molar-refractivity contribution is 0.100. The number of halogens is 2. The van der Waals surface area contributed by atoms with Crippen LogP contribution in [-0.2, 0) is 0 Å². The van der Waals surface area contributed by atoms with Gasteiger partial charge in [-0.25, -0.2) is 4.39 Å². The Balaban J connectivity index is 2.44. The molecule has 4 N–H and O–H groups in total. The number of anilines is 1. The third kappa shape index (κ3) is 3.08. The van der Waals surface area contributed by atoms with E-state index in [1.165, 1.54) is 6.07 Å². The second-order valence-electron chi connectivity index (χ2n) is 4.71. The van der Waals surface area contributed by atoms with Gasteiger partial charge in [-0.2, -0.15) is 0 Å². The Hall–Kier alpha value is -2.27. The summed E-state index contributed by atoms with van der Waals surface area (Å²) in [5.41, 5.74) is 12.3. The van der Waals surface area contributed by atoms with E-state index in [1.807, 2.05) is 13.8 Å². The van der Waals surface area contributed by atoms with Crippen molar-refractivity contribution < 1.29 is 13.9 Å². The Labute approximate surface area is 126 Å². The molecule has 2 aromatic rings. The van der Waals surface area contributed by atoms with Gasteiger partial charge in [-0.3, -0.25) is 4.79 Å². The van der Waals surface area contributed by atoms with Crippen molar-refractivity contribution in [3.8, 4) is 11.5 Å². The van der Waals surface area contributed by atoms with Crippen LogP contribution in [-0.4, -0.2) is 5.91 Å². The smallest absolute Gasteiger partial charge is 0.250 e. The minimum absolute atomic E-state index is 0.00816. The molecule has 0 aliphatic carbocycles. The molecule has 0 fully saturated rings. The van der Waals surface area contributed by atoms with Gasteiger partial charge in [-0.05, 0) is 43.2 Å². The van der Waals surface area contributed by atoms with E-state index >= 15 is 0 Å². The second kappa shape index (κ2) is 5.61. The number of nitrogen functional groups attached to an aromatic ring is 1. The van der Waals surface area contributed by atoms with Crippen molar-refractivity contribution in [3.05, 3.63) is 51.8 Å². The predicted molar refractivity (Wildman–Crippen MR) is 80.3 cm³/mol. The summed E-state index contributed by atoms with van der Waals surface area (Å²) >= 11 is 6.06. The Morgan fingerprint density at radius 1 is 1.19 bits per heavy atom. The van der Waals surface area contributed by atoms with Crippen LogP contribution in [0, 0.1) is 19.7 Å². The quantitative estimate of drug-likeness (QED) is 0.851. The number of amides is 1. The molecule has 1 amide bonds. The van der Waals surface area contributed by atoms with E-state index in [0.717, 1.165) is 17.2 Å². The van der Waals surface area contributed by atoms with Gasteiger partial charge in [0.2, 0.25) is 0 Å². The summed E-state index contributed by atoms with van der Waals surface area (Å²) in [6, 6.07) is 5.54. The molecule has 0 spiro atoms. The first-order chi connectivity index (χ1) is 9.79. The highest BCUT2D eigenvalue weighted by Crippen LogP contribution is 2.32. The molecule has 0 bridgehead atoms. The monoisotopic (exact) mass is 308 g/mol. The average Bonchev–Trinajstić information content (AvgIpc) is 2.38. The van der Waals surface area contributed by atoms with E-state index in [0.29, 0.717) is 10.8 Å². The fourth-order valence-electron chi connectivity index (χ4n) is 1.95. The molecule has 21 heavy (non-hydrogen) atoms. The molecule has 110 valence electrons. The first kappa shape index (κ1) is 15.1. The molecule has 4 nitrogen and oxygen atoms in total. The largest absolute Gasteiger partial charge is 0.454 e. The highest BCUT2D eigenvalue weighted by atomic mass is 35.5. The van der Waals surface area contributed by atoms with Crippen LogP contribution in [0.5, 0.6) is 11.5 Å². The van der Waals surface area contributed by atoms with Crippen LogP contribution < -0.4 is 16.2 Å². The SMILES string of the molecule is Cc1cc(Oc2cc(C(N)=O)c(N)cc2F)cc(C)c1Cl. The van der Waals surface area contributed by atoms with E-state index in [-0.39, 0.29) is 17.0 Å². The van der Waals surface area contributed by atoms with Crippen molar-refractivity contribution in [2.45, 2.75) is 13.8 Å². The molecule has 0 aliphatic rings. The van der Waals surface area contributed by atoms with Crippen molar-refractivity contribution in [3.63, 3.8) is 0 Å². The fraction of sp³-hybridized carbons (Fsp3) is 0.133. The van der Waals surface area contributed by atoms with Crippen LogP contribution in [0.15, 0.2) is 24.3 Å². The molecule has 0 aliphatic heterocycles. The molecule has 6 heteroatoms. The number of carbonyl (C=O) groups excluding carboxylic acids is 1. The summed E-state index contributed by atoms with van der Waals surface area (Å²) in [7, 11) is 0. The van der Waals surface area contributed by atoms with E-state index in [4.69, 9.17) is 27.8 Å². The topological polar surface area (TPSA) is 78.3 Å². The maximum atomic E-state index is 13.9. The van der Waals surface area contributed by atoms with Crippen LogP contribution in [0.3, 0.4) is 0 Å². The van der Waals surface area contributed by atoms with Crippen molar-refractivity contribution in [1.82, 2.24) is 0 Å². The lowest BCUT2D eigenvalue weighted by Crippen LogP contribution is -2.14. The van der Waals surface area contributed by atoms with Gasteiger partial charge in [-0.1, -0.05) is 11.6 Å². The summed E-state index contributed by atoms with van der Waals surface area (Å²) in [4.78, 5) is 11.2. The van der Waals surface area contributed by atoms with Crippen LogP contribution in [0.1, 0.15) is 21.5 Å². The predicted octanol–water partition coefficient (Wildman–Crippen LogP) is 3.57. The second-order valence-corrected chi connectivity index (χ2v) is 5.09. The number of hydrogen-bond donors (Lipinski definition) is 2. The zero-order valence-corrected chi connectivity index (χ0v) is 12.3. The zero-order chi connectivity index (χ0) is 15.7. The van der Waals surface area contributed by atoms with Crippen LogP contribution in [0.2, 0.25) is 5.02 Å². The number of rotatable bonds is 3. The molecule has 0 saturated carbocycles. The lowest BCUT2D eigenvalue weighted by atomic mass is 10.1. The van der Waals surface area contributed by atoms with Gasteiger partial charge in [0.1, 0.15) is 5.75 Å². The van der Waals surface area contributed by atoms with Crippen LogP contribution in [0.4, 0.5) is 10.1 Å². The minimum atomic E-state index is -0.749. The molecular weight excluding hydrogens is 295 g/mol. The Morgan fingerprint density at radius 3 is 2.29 bits per heavy atom. The van der Waals surface area contributed by atoms with Gasteiger partial charge >= 0.3 is 0 Å². The van der Waals surface area contributed by atoms with Crippen molar-refractivity contribution in [2.24, 2.45) is 5.73 Å². The van der Waals surface area contributed by atoms with E-state index in [1.54, 1.807) is 12.1 Å². The van der Waals surface area contributed by atoms with Gasteiger partial charge in [0.15, 0.2) is 11.6 Å². The van der Waals surface area contributed by atoms with Gasteiger partial charge in [0.05, 0.1) is 5.56 Å². The summed E-state index contributed by atoms with van der Waals surface area (Å²) < 4.78 is 19.4. The molecule has 0 aromatic heterocycles. The number of aryl methyl sites for hydroxylation is 2. The number of ether oxygens (including phenoxy) is 1. The highest BCUT2D eigenvalue weighted by Gasteiger charge is 2.14. The maximum absolute atomic E-state index is 13.9. The molecule has 2 aromatic carbocycles. The van der Waals surface area contributed by atoms with E-state index in [9.17, 15) is 9.18 Å². The third-order valence-electron chi connectivity index (χ3n) is 3.01. The number of hydrogen-bond acceptors (Lipinski definition) is 3. The molecule has 0 saturated heterocycles. The first-order valence-electron chi connectivity index (χ1n) is 6.13. The Bertz CT molecular complexity index is 709. The van der Waals surface area contributed by atoms with Gasteiger partial charge < -0.3 is 16.2 Å². The van der Waals surface area contributed by atoms with Gasteiger partial charge in [-0.15, -0.1) is 0 Å². The summed E-state index contributed by atoms with van der Waals surface area (Å²) in [6.45, 7) is 3.63. The fourth-order valence-corrected chi connectivity index (χ4v) is 2.06. The number of nitrogens with two attached hydrogens (primary N) is 2.